The van der Waals surface area contributed by atoms with Gasteiger partial charge in [0.05, 0.1) is 12.6 Å². The number of carbonyl (C=O) groups excluding carboxylic acids is 1. The molecule has 0 aromatic carbocycles. The lowest BCUT2D eigenvalue weighted by Crippen LogP contribution is -2.44. The van der Waals surface area contributed by atoms with Crippen molar-refractivity contribution in [2.45, 2.75) is 26.4 Å². The number of aromatic nitrogens is 1. The van der Waals surface area contributed by atoms with E-state index in [1.165, 1.54) is 5.69 Å². The Hall–Kier alpha value is -1.29. The SMILES string of the molecule is CC(C)C1c2cccn2CCN1CC(N)=O. The summed E-state index contributed by atoms with van der Waals surface area (Å²) in [4.78, 5) is 13.2. The summed E-state index contributed by atoms with van der Waals surface area (Å²) < 4.78 is 2.27. The van der Waals surface area contributed by atoms with Crippen molar-refractivity contribution in [2.75, 3.05) is 13.1 Å². The highest BCUT2D eigenvalue weighted by atomic mass is 16.1. The predicted molar refractivity (Wildman–Crippen MR) is 62.8 cm³/mol. The molecule has 1 atom stereocenters. The molecule has 2 N–H and O–H groups in total. The predicted octanol–water partition coefficient (Wildman–Crippen LogP) is 0.986. The second-order valence-corrected chi connectivity index (χ2v) is 4.75. The third-order valence-corrected chi connectivity index (χ3v) is 3.18. The van der Waals surface area contributed by atoms with Gasteiger partial charge in [0, 0.05) is 25.0 Å². The molecule has 0 radical (unpaired) electrons. The zero-order chi connectivity index (χ0) is 11.7. The van der Waals surface area contributed by atoms with Crippen LogP contribution in [0.15, 0.2) is 18.3 Å². The number of fused-ring (bicyclic) bond motifs is 1. The second kappa shape index (κ2) is 4.29. The number of hydrogen-bond acceptors (Lipinski definition) is 2. The van der Waals surface area contributed by atoms with Crippen molar-refractivity contribution in [2.24, 2.45) is 11.7 Å². The third kappa shape index (κ3) is 1.97. The fraction of sp³-hybridized carbons (Fsp3) is 0.583. The van der Waals surface area contributed by atoms with Gasteiger partial charge >= 0.3 is 0 Å². The molecule has 1 aliphatic heterocycles. The van der Waals surface area contributed by atoms with E-state index in [0.29, 0.717) is 18.5 Å². The number of carbonyl (C=O) groups is 1. The first-order chi connectivity index (χ1) is 7.59. The van der Waals surface area contributed by atoms with Crippen LogP contribution in [0.5, 0.6) is 0 Å². The van der Waals surface area contributed by atoms with Crippen molar-refractivity contribution in [1.82, 2.24) is 9.47 Å². The van der Waals surface area contributed by atoms with Gasteiger partial charge in [-0.15, -0.1) is 0 Å². The van der Waals surface area contributed by atoms with Gasteiger partial charge in [-0.05, 0) is 18.1 Å². The topological polar surface area (TPSA) is 51.3 Å². The molecule has 4 heteroatoms. The van der Waals surface area contributed by atoms with Crippen LogP contribution in [0, 0.1) is 5.92 Å². The minimum atomic E-state index is -0.245. The van der Waals surface area contributed by atoms with Crippen molar-refractivity contribution in [1.29, 1.82) is 0 Å². The van der Waals surface area contributed by atoms with Gasteiger partial charge in [-0.2, -0.15) is 0 Å². The van der Waals surface area contributed by atoms with Crippen molar-refractivity contribution < 1.29 is 4.79 Å². The molecule has 88 valence electrons. The molecule has 1 aliphatic rings. The van der Waals surface area contributed by atoms with E-state index in [1.54, 1.807) is 0 Å². The monoisotopic (exact) mass is 221 g/mol. The minimum Gasteiger partial charge on any atom is -0.369 e. The van der Waals surface area contributed by atoms with E-state index in [-0.39, 0.29) is 5.91 Å². The normalized spacial score (nSPS) is 21.1. The van der Waals surface area contributed by atoms with E-state index in [4.69, 9.17) is 5.73 Å². The lowest BCUT2D eigenvalue weighted by atomic mass is 9.97. The van der Waals surface area contributed by atoms with Crippen LogP contribution in [-0.4, -0.2) is 28.5 Å². The van der Waals surface area contributed by atoms with Crippen LogP contribution in [0.3, 0.4) is 0 Å². The molecule has 4 nitrogen and oxygen atoms in total. The molecular formula is C12H19N3O. The zero-order valence-electron chi connectivity index (χ0n) is 9.89. The molecule has 1 aromatic rings. The largest absolute Gasteiger partial charge is 0.369 e. The highest BCUT2D eigenvalue weighted by Gasteiger charge is 2.30. The first-order valence-electron chi connectivity index (χ1n) is 5.77. The van der Waals surface area contributed by atoms with E-state index >= 15 is 0 Å². The maximum absolute atomic E-state index is 11.1. The lowest BCUT2D eigenvalue weighted by Gasteiger charge is -2.38. The average molecular weight is 221 g/mol. The minimum absolute atomic E-state index is 0.245. The molecule has 1 aromatic heterocycles. The number of amides is 1. The summed E-state index contributed by atoms with van der Waals surface area (Å²) in [6, 6.07) is 4.51. The van der Waals surface area contributed by atoms with E-state index in [1.807, 2.05) is 0 Å². The Balaban J connectivity index is 2.27. The van der Waals surface area contributed by atoms with Crippen LogP contribution in [0.1, 0.15) is 25.6 Å². The highest BCUT2D eigenvalue weighted by Crippen LogP contribution is 2.31. The Morgan fingerprint density at radius 1 is 1.56 bits per heavy atom. The maximum atomic E-state index is 11.1. The zero-order valence-corrected chi connectivity index (χ0v) is 9.89. The third-order valence-electron chi connectivity index (χ3n) is 3.18. The summed E-state index contributed by atoms with van der Waals surface area (Å²) >= 11 is 0. The van der Waals surface area contributed by atoms with Crippen LogP contribution < -0.4 is 5.73 Å². The molecule has 16 heavy (non-hydrogen) atoms. The summed E-state index contributed by atoms with van der Waals surface area (Å²) in [5.41, 5.74) is 6.59. The van der Waals surface area contributed by atoms with Crippen molar-refractivity contribution >= 4 is 5.91 Å². The van der Waals surface area contributed by atoms with Crippen LogP contribution in [0.4, 0.5) is 0 Å². The molecule has 0 bridgehead atoms. The molecule has 1 unspecified atom stereocenters. The second-order valence-electron chi connectivity index (χ2n) is 4.75. The van der Waals surface area contributed by atoms with Crippen molar-refractivity contribution in [3.8, 4) is 0 Å². The molecule has 0 saturated carbocycles. The Bertz CT molecular complexity index is 383. The smallest absolute Gasteiger partial charge is 0.231 e. The van der Waals surface area contributed by atoms with Gasteiger partial charge in [-0.1, -0.05) is 13.8 Å². The molecule has 0 spiro atoms. The molecular weight excluding hydrogens is 202 g/mol. The van der Waals surface area contributed by atoms with E-state index in [9.17, 15) is 4.79 Å². The Morgan fingerprint density at radius 2 is 2.31 bits per heavy atom. The number of nitrogens with two attached hydrogens (primary N) is 1. The Kier molecular flexibility index (Phi) is 3.01. The summed E-state index contributed by atoms with van der Waals surface area (Å²) in [7, 11) is 0. The fourth-order valence-electron chi connectivity index (χ4n) is 2.60. The number of primary amides is 1. The maximum Gasteiger partial charge on any atom is 0.231 e. The Labute approximate surface area is 96.0 Å². The summed E-state index contributed by atoms with van der Waals surface area (Å²) in [5.74, 6) is 0.235. The number of hydrogen-bond donors (Lipinski definition) is 1. The van der Waals surface area contributed by atoms with Crippen molar-refractivity contribution in [3.05, 3.63) is 24.0 Å². The average Bonchev–Trinajstić information content (AvgIpc) is 2.63. The van der Waals surface area contributed by atoms with Gasteiger partial charge < -0.3 is 10.3 Å². The van der Waals surface area contributed by atoms with Crippen molar-refractivity contribution in [3.63, 3.8) is 0 Å². The molecule has 0 aliphatic carbocycles. The van der Waals surface area contributed by atoms with Gasteiger partial charge in [0.2, 0.25) is 5.91 Å². The van der Waals surface area contributed by atoms with E-state index in [0.717, 1.165) is 13.1 Å². The highest BCUT2D eigenvalue weighted by molar-refractivity contribution is 5.76. The summed E-state index contributed by atoms with van der Waals surface area (Å²) in [5, 5.41) is 0. The van der Waals surface area contributed by atoms with Gasteiger partial charge in [0.15, 0.2) is 0 Å². The lowest BCUT2D eigenvalue weighted by molar-refractivity contribution is -0.120. The van der Waals surface area contributed by atoms with Crippen LogP contribution in [0.25, 0.3) is 0 Å². The van der Waals surface area contributed by atoms with Gasteiger partial charge in [0.25, 0.3) is 0 Å². The Morgan fingerprint density at radius 3 is 2.94 bits per heavy atom. The number of nitrogens with zero attached hydrogens (tertiary/aromatic N) is 2. The first-order valence-corrected chi connectivity index (χ1v) is 5.77. The fourth-order valence-corrected chi connectivity index (χ4v) is 2.60. The van der Waals surface area contributed by atoms with Gasteiger partial charge in [0.1, 0.15) is 0 Å². The molecule has 0 saturated heterocycles. The molecule has 1 amide bonds. The molecule has 2 rings (SSSR count). The van der Waals surface area contributed by atoms with Crippen LogP contribution in [-0.2, 0) is 11.3 Å². The molecule has 2 heterocycles. The van der Waals surface area contributed by atoms with Gasteiger partial charge in [-0.3, -0.25) is 9.69 Å². The summed E-state index contributed by atoms with van der Waals surface area (Å²) in [6.45, 7) is 6.56. The standard InChI is InChI=1S/C12H19N3O/c1-9(2)12-10-4-3-5-14(10)6-7-15(12)8-11(13)16/h3-5,9,12H,6-8H2,1-2H3,(H2,13,16). The quantitative estimate of drug-likeness (QED) is 0.827. The number of rotatable bonds is 3. The van der Waals surface area contributed by atoms with Crippen LogP contribution >= 0.6 is 0 Å². The summed E-state index contributed by atoms with van der Waals surface area (Å²) in [6.07, 6.45) is 2.10. The first kappa shape index (κ1) is 11.2. The van der Waals surface area contributed by atoms with E-state index < -0.39 is 0 Å². The molecule has 0 fully saturated rings. The van der Waals surface area contributed by atoms with Gasteiger partial charge in [-0.25, -0.2) is 0 Å². The van der Waals surface area contributed by atoms with E-state index in [2.05, 4.69) is 41.6 Å². The van der Waals surface area contributed by atoms with Crippen LogP contribution in [0.2, 0.25) is 0 Å².